The number of nitrogens with zero attached hydrogens (tertiary/aromatic N) is 2. The molecule has 6 heteroatoms. The molecular weight excluding hydrogens is 353 g/mol. The molecule has 1 aromatic carbocycles. The van der Waals surface area contributed by atoms with Crippen LogP contribution in [-0.2, 0) is 6.42 Å². The summed E-state index contributed by atoms with van der Waals surface area (Å²) in [4.78, 5) is 8.47. The highest BCUT2D eigenvalue weighted by Gasteiger charge is 2.11. The van der Waals surface area contributed by atoms with Gasteiger partial charge in [-0.05, 0) is 41.1 Å². The van der Waals surface area contributed by atoms with Gasteiger partial charge in [-0.1, -0.05) is 25.5 Å². The smallest absolute Gasteiger partial charge is 0.148 e. The van der Waals surface area contributed by atoms with Crippen molar-refractivity contribution in [3.63, 3.8) is 0 Å². The Morgan fingerprint density at radius 1 is 1.21 bits per heavy atom. The summed E-state index contributed by atoms with van der Waals surface area (Å²) in [6, 6.07) is 8.07. The number of rotatable bonds is 5. The molecule has 100 valence electrons. The van der Waals surface area contributed by atoms with Gasteiger partial charge in [-0.2, -0.15) is 0 Å². The van der Waals surface area contributed by atoms with E-state index in [1.807, 2.05) is 24.3 Å². The molecule has 0 unspecified atom stereocenters. The molecular formula is C13H16IN5. The molecule has 19 heavy (non-hydrogen) atoms. The van der Waals surface area contributed by atoms with E-state index in [4.69, 9.17) is 5.84 Å². The maximum Gasteiger partial charge on any atom is 0.148 e. The summed E-state index contributed by atoms with van der Waals surface area (Å²) in [5.41, 5.74) is 4.66. The summed E-state index contributed by atoms with van der Waals surface area (Å²) in [6.45, 7) is 2.11. The largest absolute Gasteiger partial charge is 0.339 e. The number of anilines is 3. The van der Waals surface area contributed by atoms with Crippen LogP contribution < -0.4 is 16.6 Å². The second kappa shape index (κ2) is 6.67. The third-order valence-electron chi connectivity index (χ3n) is 2.71. The summed E-state index contributed by atoms with van der Waals surface area (Å²) in [5.74, 6) is 6.98. The Bertz CT molecular complexity index is 558. The van der Waals surface area contributed by atoms with E-state index in [1.54, 1.807) is 0 Å². The average molecular weight is 369 g/mol. The zero-order valence-corrected chi connectivity index (χ0v) is 12.8. The predicted molar refractivity (Wildman–Crippen MR) is 86.3 cm³/mol. The van der Waals surface area contributed by atoms with Gasteiger partial charge in [0.25, 0.3) is 0 Å². The van der Waals surface area contributed by atoms with E-state index in [2.05, 4.69) is 50.2 Å². The minimum Gasteiger partial charge on any atom is -0.339 e. The molecule has 0 aliphatic carbocycles. The monoisotopic (exact) mass is 369 g/mol. The van der Waals surface area contributed by atoms with E-state index in [9.17, 15) is 0 Å². The highest BCUT2D eigenvalue weighted by atomic mass is 127. The molecule has 0 fully saturated rings. The number of nitrogens with one attached hydrogen (secondary N) is 2. The summed E-state index contributed by atoms with van der Waals surface area (Å²) in [5, 5.41) is 3.35. The number of hydrogen-bond donors (Lipinski definition) is 3. The lowest BCUT2D eigenvalue weighted by molar-refractivity contribution is 0.903. The Labute approximate surface area is 126 Å². The van der Waals surface area contributed by atoms with E-state index in [0.717, 1.165) is 33.5 Å². The topological polar surface area (TPSA) is 75.9 Å². The van der Waals surface area contributed by atoms with Crippen LogP contribution in [0, 0.1) is 3.57 Å². The van der Waals surface area contributed by atoms with Crippen LogP contribution in [0.3, 0.4) is 0 Å². The van der Waals surface area contributed by atoms with Crippen LogP contribution in [-0.4, -0.2) is 9.97 Å². The maximum atomic E-state index is 5.50. The standard InChI is InChI=1S/C13H16IN5/c1-2-5-9-12(16-8-17-13(9)19-15)18-11-7-4-3-6-10(11)14/h3-4,6-8H,2,5,15H2,1H3,(H2,16,17,18,19). The van der Waals surface area contributed by atoms with Gasteiger partial charge in [-0.15, -0.1) is 0 Å². The van der Waals surface area contributed by atoms with Gasteiger partial charge in [0, 0.05) is 9.13 Å². The molecule has 0 bridgehead atoms. The van der Waals surface area contributed by atoms with Crippen LogP contribution in [0.5, 0.6) is 0 Å². The van der Waals surface area contributed by atoms with E-state index in [-0.39, 0.29) is 0 Å². The lowest BCUT2D eigenvalue weighted by atomic mass is 10.1. The Hall–Kier alpha value is -1.41. The number of halogens is 1. The molecule has 5 nitrogen and oxygen atoms in total. The lowest BCUT2D eigenvalue weighted by Crippen LogP contribution is -2.13. The number of para-hydroxylation sites is 1. The summed E-state index contributed by atoms with van der Waals surface area (Å²) >= 11 is 2.29. The van der Waals surface area contributed by atoms with Crippen molar-refractivity contribution in [2.45, 2.75) is 19.8 Å². The predicted octanol–water partition coefficient (Wildman–Crippen LogP) is 3.06. The first-order valence-electron chi connectivity index (χ1n) is 6.08. The van der Waals surface area contributed by atoms with Gasteiger partial charge in [0.05, 0.1) is 5.69 Å². The van der Waals surface area contributed by atoms with Crippen LogP contribution in [0.25, 0.3) is 0 Å². The Balaban J connectivity index is 2.37. The molecule has 4 N–H and O–H groups in total. The maximum absolute atomic E-state index is 5.50. The molecule has 0 spiro atoms. The second-order valence-electron chi connectivity index (χ2n) is 4.05. The Morgan fingerprint density at radius 3 is 2.63 bits per heavy atom. The fourth-order valence-electron chi connectivity index (χ4n) is 1.82. The average Bonchev–Trinajstić information content (AvgIpc) is 2.43. The fraction of sp³-hybridized carbons (Fsp3) is 0.231. The van der Waals surface area contributed by atoms with Gasteiger partial charge in [0.1, 0.15) is 18.0 Å². The third-order valence-corrected chi connectivity index (χ3v) is 3.65. The first kappa shape index (κ1) is 14.0. The van der Waals surface area contributed by atoms with Gasteiger partial charge in [0.15, 0.2) is 0 Å². The molecule has 1 aromatic heterocycles. The molecule has 2 rings (SSSR count). The Morgan fingerprint density at radius 2 is 1.95 bits per heavy atom. The molecule has 0 aliphatic rings. The van der Waals surface area contributed by atoms with Crippen molar-refractivity contribution in [1.82, 2.24) is 9.97 Å². The third kappa shape index (κ3) is 3.32. The number of nitrogen functional groups attached to an aromatic ring is 1. The van der Waals surface area contributed by atoms with Gasteiger partial charge in [-0.25, -0.2) is 15.8 Å². The number of aromatic nitrogens is 2. The van der Waals surface area contributed by atoms with E-state index in [0.29, 0.717) is 5.82 Å². The van der Waals surface area contributed by atoms with Crippen molar-refractivity contribution in [3.05, 3.63) is 39.7 Å². The Kier molecular flexibility index (Phi) is 4.92. The molecule has 0 saturated heterocycles. The van der Waals surface area contributed by atoms with Crippen LogP contribution in [0.15, 0.2) is 30.6 Å². The van der Waals surface area contributed by atoms with Crippen LogP contribution in [0.2, 0.25) is 0 Å². The van der Waals surface area contributed by atoms with E-state index in [1.165, 1.54) is 6.33 Å². The normalized spacial score (nSPS) is 10.3. The summed E-state index contributed by atoms with van der Waals surface area (Å²) < 4.78 is 1.14. The highest BCUT2D eigenvalue weighted by molar-refractivity contribution is 14.1. The molecule has 0 atom stereocenters. The molecule has 2 aromatic rings. The van der Waals surface area contributed by atoms with Gasteiger partial charge < -0.3 is 10.7 Å². The molecule has 0 aliphatic heterocycles. The van der Waals surface area contributed by atoms with Gasteiger partial charge >= 0.3 is 0 Å². The SMILES string of the molecule is CCCc1c(NN)ncnc1Nc1ccccc1I. The fourth-order valence-corrected chi connectivity index (χ4v) is 2.34. The minimum atomic E-state index is 0.672. The number of hydrogen-bond acceptors (Lipinski definition) is 5. The number of benzene rings is 1. The van der Waals surface area contributed by atoms with Gasteiger partial charge in [-0.3, -0.25) is 0 Å². The van der Waals surface area contributed by atoms with Crippen molar-refractivity contribution < 1.29 is 0 Å². The summed E-state index contributed by atoms with van der Waals surface area (Å²) in [7, 11) is 0. The van der Waals surface area contributed by atoms with Gasteiger partial charge in [0.2, 0.25) is 0 Å². The molecule has 0 radical (unpaired) electrons. The van der Waals surface area contributed by atoms with Crippen LogP contribution in [0.1, 0.15) is 18.9 Å². The zero-order valence-electron chi connectivity index (χ0n) is 10.7. The van der Waals surface area contributed by atoms with Crippen molar-refractivity contribution >= 4 is 39.9 Å². The number of nitrogens with two attached hydrogens (primary N) is 1. The highest BCUT2D eigenvalue weighted by Crippen LogP contribution is 2.26. The quantitative estimate of drug-likeness (QED) is 0.429. The van der Waals surface area contributed by atoms with Crippen molar-refractivity contribution in [3.8, 4) is 0 Å². The molecule has 0 amide bonds. The zero-order chi connectivity index (χ0) is 13.7. The molecule has 0 saturated carbocycles. The van der Waals surface area contributed by atoms with E-state index < -0.39 is 0 Å². The first-order chi connectivity index (χ1) is 9.26. The number of hydrazine groups is 1. The second-order valence-corrected chi connectivity index (χ2v) is 5.21. The first-order valence-corrected chi connectivity index (χ1v) is 7.16. The summed E-state index contributed by atoms with van der Waals surface area (Å²) in [6.07, 6.45) is 3.38. The van der Waals surface area contributed by atoms with E-state index >= 15 is 0 Å². The van der Waals surface area contributed by atoms with Crippen LogP contribution >= 0.6 is 22.6 Å². The molecule has 1 heterocycles. The van der Waals surface area contributed by atoms with Crippen molar-refractivity contribution in [2.24, 2.45) is 5.84 Å². The van der Waals surface area contributed by atoms with Crippen molar-refractivity contribution in [1.29, 1.82) is 0 Å². The van der Waals surface area contributed by atoms with Crippen LogP contribution in [0.4, 0.5) is 17.3 Å². The minimum absolute atomic E-state index is 0.672. The van der Waals surface area contributed by atoms with Crippen molar-refractivity contribution in [2.75, 3.05) is 10.7 Å². The lowest BCUT2D eigenvalue weighted by Gasteiger charge is -2.14.